The van der Waals surface area contributed by atoms with Gasteiger partial charge in [0.25, 0.3) is 0 Å². The third-order valence-electron chi connectivity index (χ3n) is 3.74. The summed E-state index contributed by atoms with van der Waals surface area (Å²) in [6.45, 7) is 1.82. The molecule has 3 rings (SSSR count). The van der Waals surface area contributed by atoms with Crippen molar-refractivity contribution in [2.45, 2.75) is 17.8 Å². The molecule has 126 valence electrons. The molecular formula is C16H17N3O4S. The SMILES string of the molecule is COc1cnc(CS(=O)c2nc3ccccc3n2O)c(C)c1OC. The largest absolute Gasteiger partial charge is 0.492 e. The van der Waals surface area contributed by atoms with Crippen molar-refractivity contribution in [3.05, 3.63) is 41.7 Å². The lowest BCUT2D eigenvalue weighted by atomic mass is 10.2. The Kier molecular flexibility index (Phi) is 4.39. The molecule has 0 saturated carbocycles. The average Bonchev–Trinajstić information content (AvgIpc) is 2.93. The standard InChI is InChI=1S/C16H17N3O4S/c1-10-12(17-8-14(22-2)15(10)23-3)9-24(21)16-18-11-6-4-5-7-13(11)19(16)20/h4-8,20H,9H2,1-3H3. The van der Waals surface area contributed by atoms with Crippen molar-refractivity contribution in [3.63, 3.8) is 0 Å². The van der Waals surface area contributed by atoms with Crippen LogP contribution in [0.2, 0.25) is 0 Å². The Morgan fingerprint density at radius 1 is 1.25 bits per heavy atom. The Bertz CT molecular complexity index is 923. The molecule has 0 aliphatic rings. The molecule has 1 atom stereocenters. The molecule has 1 aromatic carbocycles. The summed E-state index contributed by atoms with van der Waals surface area (Å²) in [5.41, 5.74) is 2.43. The van der Waals surface area contributed by atoms with Crippen LogP contribution in [0.5, 0.6) is 11.5 Å². The minimum atomic E-state index is -1.56. The van der Waals surface area contributed by atoms with E-state index in [0.29, 0.717) is 28.2 Å². The zero-order valence-corrected chi connectivity index (χ0v) is 14.3. The monoisotopic (exact) mass is 347 g/mol. The molecule has 3 aromatic rings. The maximum atomic E-state index is 12.7. The topological polar surface area (TPSA) is 86.5 Å². The van der Waals surface area contributed by atoms with Crippen molar-refractivity contribution < 1.29 is 18.9 Å². The molecule has 8 heteroatoms. The van der Waals surface area contributed by atoms with Gasteiger partial charge in [-0.25, -0.2) is 4.98 Å². The van der Waals surface area contributed by atoms with Gasteiger partial charge < -0.3 is 14.7 Å². The van der Waals surface area contributed by atoms with E-state index in [1.165, 1.54) is 13.3 Å². The van der Waals surface area contributed by atoms with E-state index in [4.69, 9.17) is 9.47 Å². The number of para-hydroxylation sites is 2. The van der Waals surface area contributed by atoms with Gasteiger partial charge in [0, 0.05) is 5.56 Å². The van der Waals surface area contributed by atoms with Crippen molar-refractivity contribution in [2.75, 3.05) is 14.2 Å². The third-order valence-corrected chi connectivity index (χ3v) is 4.94. The first-order chi connectivity index (χ1) is 11.6. The van der Waals surface area contributed by atoms with Gasteiger partial charge in [0.1, 0.15) is 5.52 Å². The van der Waals surface area contributed by atoms with Gasteiger partial charge in [0.15, 0.2) is 11.5 Å². The van der Waals surface area contributed by atoms with Crippen LogP contribution in [0, 0.1) is 6.92 Å². The summed E-state index contributed by atoms with van der Waals surface area (Å²) >= 11 is 0. The van der Waals surface area contributed by atoms with Gasteiger partial charge in [-0.2, -0.15) is 4.73 Å². The van der Waals surface area contributed by atoms with Crippen LogP contribution >= 0.6 is 0 Å². The molecule has 1 N–H and O–H groups in total. The summed E-state index contributed by atoms with van der Waals surface area (Å²) in [4.78, 5) is 8.53. The molecule has 0 aliphatic heterocycles. The number of imidazole rings is 1. The first kappa shape index (κ1) is 16.3. The number of ether oxygens (including phenoxy) is 2. The molecular weight excluding hydrogens is 330 g/mol. The highest BCUT2D eigenvalue weighted by atomic mass is 32.2. The summed E-state index contributed by atoms with van der Waals surface area (Å²) in [6, 6.07) is 7.05. The minimum absolute atomic E-state index is 0.0900. The fraction of sp³-hybridized carbons (Fsp3) is 0.250. The van der Waals surface area contributed by atoms with Gasteiger partial charge in [-0.15, -0.1) is 0 Å². The van der Waals surface area contributed by atoms with Crippen molar-refractivity contribution in [2.24, 2.45) is 0 Å². The maximum absolute atomic E-state index is 12.7. The first-order valence-corrected chi connectivity index (χ1v) is 8.50. The van der Waals surface area contributed by atoms with E-state index >= 15 is 0 Å². The van der Waals surface area contributed by atoms with Crippen LogP contribution in [0.1, 0.15) is 11.3 Å². The average molecular weight is 347 g/mol. The van der Waals surface area contributed by atoms with Crippen molar-refractivity contribution in [1.29, 1.82) is 0 Å². The highest BCUT2D eigenvalue weighted by Crippen LogP contribution is 2.32. The molecule has 0 bridgehead atoms. The predicted octanol–water partition coefficient (Wildman–Crippen LogP) is 2.30. The lowest BCUT2D eigenvalue weighted by Crippen LogP contribution is -2.08. The Morgan fingerprint density at radius 3 is 2.67 bits per heavy atom. The second-order valence-corrected chi connectivity index (χ2v) is 6.46. The lowest BCUT2D eigenvalue weighted by molar-refractivity contribution is 0.171. The minimum Gasteiger partial charge on any atom is -0.492 e. The molecule has 0 spiro atoms. The molecule has 0 radical (unpaired) electrons. The second-order valence-electron chi connectivity index (χ2n) is 5.12. The van der Waals surface area contributed by atoms with Gasteiger partial charge in [0.05, 0.1) is 48.2 Å². The smallest absolute Gasteiger partial charge is 0.234 e. The van der Waals surface area contributed by atoms with Crippen LogP contribution in [0.15, 0.2) is 35.6 Å². The van der Waals surface area contributed by atoms with Gasteiger partial charge in [-0.3, -0.25) is 9.19 Å². The van der Waals surface area contributed by atoms with Crippen molar-refractivity contribution >= 4 is 21.8 Å². The van der Waals surface area contributed by atoms with Crippen molar-refractivity contribution in [3.8, 4) is 11.5 Å². The molecule has 1 unspecified atom stereocenters. The lowest BCUT2D eigenvalue weighted by Gasteiger charge is -2.12. The molecule has 7 nitrogen and oxygen atoms in total. The van der Waals surface area contributed by atoms with Crippen LogP contribution in [0.4, 0.5) is 0 Å². The summed E-state index contributed by atoms with van der Waals surface area (Å²) in [6.07, 6.45) is 1.53. The number of nitrogens with zero attached hydrogens (tertiary/aromatic N) is 3. The molecule has 2 heterocycles. The van der Waals surface area contributed by atoms with Gasteiger partial charge in [-0.05, 0) is 19.1 Å². The predicted molar refractivity (Wildman–Crippen MR) is 89.1 cm³/mol. The molecule has 0 aliphatic carbocycles. The number of benzene rings is 1. The Labute approximate surface area is 141 Å². The third kappa shape index (κ3) is 2.69. The zero-order valence-electron chi connectivity index (χ0n) is 13.5. The van der Waals surface area contributed by atoms with Gasteiger partial charge >= 0.3 is 0 Å². The second kappa shape index (κ2) is 6.48. The highest BCUT2D eigenvalue weighted by molar-refractivity contribution is 7.84. The molecule has 0 saturated heterocycles. The van der Waals surface area contributed by atoms with E-state index in [9.17, 15) is 9.42 Å². The number of hydrogen-bond acceptors (Lipinski definition) is 6. The van der Waals surface area contributed by atoms with Gasteiger partial charge in [-0.1, -0.05) is 12.1 Å². The fourth-order valence-electron chi connectivity index (χ4n) is 2.48. The Morgan fingerprint density at radius 2 is 2.00 bits per heavy atom. The summed E-state index contributed by atoms with van der Waals surface area (Å²) < 4.78 is 24.1. The van der Waals surface area contributed by atoms with E-state index < -0.39 is 10.8 Å². The molecule has 2 aromatic heterocycles. The highest BCUT2D eigenvalue weighted by Gasteiger charge is 2.20. The van der Waals surface area contributed by atoms with Crippen LogP contribution < -0.4 is 9.47 Å². The summed E-state index contributed by atoms with van der Waals surface area (Å²) in [5.74, 6) is 1.17. The van der Waals surface area contributed by atoms with Gasteiger partial charge in [0.2, 0.25) is 5.16 Å². The van der Waals surface area contributed by atoms with E-state index in [1.54, 1.807) is 25.3 Å². The number of pyridine rings is 1. The number of aromatic nitrogens is 3. The quantitative estimate of drug-likeness (QED) is 0.713. The Balaban J connectivity index is 1.96. The summed E-state index contributed by atoms with van der Waals surface area (Å²) in [7, 11) is 1.51. The van der Waals surface area contributed by atoms with E-state index in [0.717, 1.165) is 10.3 Å². The number of methoxy groups -OCH3 is 2. The maximum Gasteiger partial charge on any atom is 0.234 e. The first-order valence-electron chi connectivity index (χ1n) is 7.18. The summed E-state index contributed by atoms with van der Waals surface area (Å²) in [5, 5.41) is 10.3. The van der Waals surface area contributed by atoms with E-state index in [2.05, 4.69) is 9.97 Å². The van der Waals surface area contributed by atoms with Crippen LogP contribution in [-0.4, -0.2) is 38.3 Å². The zero-order chi connectivity index (χ0) is 17.3. The number of hydrogen-bond donors (Lipinski definition) is 1. The number of rotatable bonds is 5. The van der Waals surface area contributed by atoms with Crippen LogP contribution in [0.25, 0.3) is 11.0 Å². The fourth-order valence-corrected chi connectivity index (χ4v) is 3.64. The molecule has 24 heavy (non-hydrogen) atoms. The van der Waals surface area contributed by atoms with Crippen molar-refractivity contribution in [1.82, 2.24) is 14.7 Å². The van der Waals surface area contributed by atoms with Crippen LogP contribution in [-0.2, 0) is 16.6 Å². The van der Waals surface area contributed by atoms with Crippen LogP contribution in [0.3, 0.4) is 0 Å². The van der Waals surface area contributed by atoms with E-state index in [-0.39, 0.29) is 10.9 Å². The molecule has 0 fully saturated rings. The normalized spacial score (nSPS) is 12.3. The van der Waals surface area contributed by atoms with E-state index in [1.807, 2.05) is 13.0 Å². The Hall–Kier alpha value is -2.61. The number of fused-ring (bicyclic) bond motifs is 1. The molecule has 0 amide bonds.